The van der Waals surface area contributed by atoms with Crippen molar-refractivity contribution in [3.05, 3.63) is 65.5 Å². The molecule has 0 aliphatic carbocycles. The van der Waals surface area contributed by atoms with Crippen molar-refractivity contribution in [2.24, 2.45) is 0 Å². The summed E-state index contributed by atoms with van der Waals surface area (Å²) in [6, 6.07) is 12.8. The molecule has 1 fully saturated rings. The number of nitrogens with zero attached hydrogens (tertiary/aromatic N) is 4. The van der Waals surface area contributed by atoms with Gasteiger partial charge in [-0.2, -0.15) is 8.75 Å². The van der Waals surface area contributed by atoms with Crippen molar-refractivity contribution in [2.75, 3.05) is 13.1 Å². The number of hydrogen-bond acceptors (Lipinski definition) is 5. The number of fused-ring (bicyclic) bond motifs is 1. The molecule has 0 saturated carbocycles. The number of benzene rings is 2. The van der Waals surface area contributed by atoms with Crippen molar-refractivity contribution in [1.82, 2.24) is 18.5 Å². The van der Waals surface area contributed by atoms with E-state index in [2.05, 4.69) is 27.5 Å². The van der Waals surface area contributed by atoms with Gasteiger partial charge in [-0.3, -0.25) is 9.69 Å². The van der Waals surface area contributed by atoms with Crippen LogP contribution in [-0.4, -0.2) is 49.6 Å². The van der Waals surface area contributed by atoms with Gasteiger partial charge in [-0.05, 0) is 55.3 Å². The maximum atomic E-state index is 13.1. The Balaban J connectivity index is 1.39. The number of halogens is 1. The summed E-state index contributed by atoms with van der Waals surface area (Å²) in [5, 5.41) is 0. The van der Waals surface area contributed by atoms with E-state index in [1.54, 1.807) is 6.08 Å². The lowest BCUT2D eigenvalue weighted by Crippen LogP contribution is -2.57. The number of carbonyl (C=O) groups excluding carboxylic acids is 1. The third kappa shape index (κ3) is 4.52. The van der Waals surface area contributed by atoms with E-state index < -0.39 is 0 Å². The molecule has 1 aliphatic rings. The van der Waals surface area contributed by atoms with E-state index in [9.17, 15) is 9.18 Å². The second-order valence-electron chi connectivity index (χ2n) is 7.59. The van der Waals surface area contributed by atoms with Crippen LogP contribution in [0.5, 0.6) is 0 Å². The predicted molar refractivity (Wildman–Crippen MR) is 114 cm³/mol. The van der Waals surface area contributed by atoms with Crippen LogP contribution < -0.4 is 0 Å². The molecule has 1 amide bonds. The zero-order valence-corrected chi connectivity index (χ0v) is 17.3. The Labute approximate surface area is 173 Å². The van der Waals surface area contributed by atoms with Crippen LogP contribution in [0, 0.1) is 5.82 Å². The number of aromatic nitrogens is 2. The first-order chi connectivity index (χ1) is 14.0. The molecular formula is C22H23FN4OS. The molecule has 1 aliphatic heterocycles. The maximum Gasteiger partial charge on any atom is 0.246 e. The van der Waals surface area contributed by atoms with Crippen molar-refractivity contribution in [2.45, 2.75) is 32.5 Å². The molecule has 3 aromatic rings. The fraction of sp³-hybridized carbons (Fsp3) is 0.318. The summed E-state index contributed by atoms with van der Waals surface area (Å²) in [7, 11) is 0. The summed E-state index contributed by atoms with van der Waals surface area (Å²) in [6.07, 6.45) is 3.48. The quantitative estimate of drug-likeness (QED) is 0.611. The first-order valence-corrected chi connectivity index (χ1v) is 10.4. The summed E-state index contributed by atoms with van der Waals surface area (Å²) >= 11 is 1.19. The molecule has 7 heteroatoms. The van der Waals surface area contributed by atoms with Crippen molar-refractivity contribution >= 4 is 34.7 Å². The lowest BCUT2D eigenvalue weighted by Gasteiger charge is -2.44. The summed E-state index contributed by atoms with van der Waals surface area (Å²) < 4.78 is 21.6. The third-order valence-corrected chi connectivity index (χ3v) is 5.95. The van der Waals surface area contributed by atoms with E-state index in [4.69, 9.17) is 0 Å². The van der Waals surface area contributed by atoms with E-state index in [1.165, 1.54) is 23.9 Å². The predicted octanol–water partition coefficient (Wildman–Crippen LogP) is 3.97. The van der Waals surface area contributed by atoms with E-state index in [0.29, 0.717) is 6.54 Å². The van der Waals surface area contributed by atoms with Crippen molar-refractivity contribution in [3.63, 3.8) is 0 Å². The molecule has 150 valence electrons. The van der Waals surface area contributed by atoms with E-state index >= 15 is 0 Å². The van der Waals surface area contributed by atoms with Gasteiger partial charge < -0.3 is 4.90 Å². The van der Waals surface area contributed by atoms with Crippen LogP contribution in [0.4, 0.5) is 4.39 Å². The number of rotatable bonds is 4. The van der Waals surface area contributed by atoms with Gasteiger partial charge >= 0.3 is 0 Å². The molecule has 4 rings (SSSR count). The SMILES string of the molecule is C[C@@H]1CN(Cc2ccc(F)cc2)[C@@H](C)CN1C(=O)C=Cc1ccc2nsnc2c1. The average molecular weight is 411 g/mol. The summed E-state index contributed by atoms with van der Waals surface area (Å²) in [4.78, 5) is 17.1. The fourth-order valence-electron chi connectivity index (χ4n) is 3.72. The van der Waals surface area contributed by atoms with Gasteiger partial charge in [0, 0.05) is 37.8 Å². The summed E-state index contributed by atoms with van der Waals surface area (Å²) in [5.74, 6) is -0.204. The smallest absolute Gasteiger partial charge is 0.246 e. The molecular weight excluding hydrogens is 387 g/mol. The zero-order chi connectivity index (χ0) is 20.4. The largest absolute Gasteiger partial charge is 0.334 e. The van der Waals surface area contributed by atoms with E-state index in [0.717, 1.165) is 35.2 Å². The Hall–Kier alpha value is -2.64. The normalized spacial score (nSPS) is 20.6. The molecule has 1 saturated heterocycles. The van der Waals surface area contributed by atoms with Gasteiger partial charge in [-0.15, -0.1) is 0 Å². The van der Waals surface area contributed by atoms with E-state index in [1.807, 2.05) is 41.3 Å². The van der Waals surface area contributed by atoms with Crippen molar-refractivity contribution in [1.29, 1.82) is 0 Å². The van der Waals surface area contributed by atoms with E-state index in [-0.39, 0.29) is 23.8 Å². The first kappa shape index (κ1) is 19.7. The van der Waals surface area contributed by atoms with Crippen LogP contribution in [0.1, 0.15) is 25.0 Å². The Morgan fingerprint density at radius 3 is 2.66 bits per heavy atom. The Bertz CT molecular complexity index is 1030. The minimum absolute atomic E-state index is 0.0160. The monoisotopic (exact) mass is 410 g/mol. The molecule has 1 aromatic heterocycles. The van der Waals surface area contributed by atoms with Crippen LogP contribution in [0.15, 0.2) is 48.5 Å². The minimum Gasteiger partial charge on any atom is -0.334 e. The van der Waals surface area contributed by atoms with Gasteiger partial charge in [0.15, 0.2) is 0 Å². The number of piperazine rings is 1. The molecule has 0 unspecified atom stereocenters. The summed E-state index contributed by atoms with van der Waals surface area (Å²) in [6.45, 7) is 6.41. The molecule has 0 bridgehead atoms. The first-order valence-electron chi connectivity index (χ1n) is 9.69. The highest BCUT2D eigenvalue weighted by Gasteiger charge is 2.30. The van der Waals surface area contributed by atoms with Gasteiger partial charge in [0.2, 0.25) is 5.91 Å². The van der Waals surface area contributed by atoms with Crippen LogP contribution in [0.3, 0.4) is 0 Å². The molecule has 2 heterocycles. The van der Waals surface area contributed by atoms with Gasteiger partial charge in [0.1, 0.15) is 16.9 Å². The molecule has 29 heavy (non-hydrogen) atoms. The minimum atomic E-state index is -0.220. The number of amides is 1. The molecule has 0 spiro atoms. The highest BCUT2D eigenvalue weighted by atomic mass is 32.1. The zero-order valence-electron chi connectivity index (χ0n) is 16.5. The molecule has 5 nitrogen and oxygen atoms in total. The lowest BCUT2D eigenvalue weighted by molar-refractivity contribution is -0.131. The Morgan fingerprint density at radius 2 is 1.86 bits per heavy atom. The summed E-state index contributed by atoms with van der Waals surface area (Å²) in [5.41, 5.74) is 3.74. The van der Waals surface area contributed by atoms with Gasteiger partial charge in [-0.1, -0.05) is 18.2 Å². The van der Waals surface area contributed by atoms with Gasteiger partial charge in [0.05, 0.1) is 11.7 Å². The molecule has 0 radical (unpaired) electrons. The number of carbonyl (C=O) groups is 1. The second-order valence-corrected chi connectivity index (χ2v) is 8.12. The standard InChI is InChI=1S/C22H23FN4OS/c1-15-13-27(16(2)12-26(15)14-18-3-7-19(23)8-4-18)22(28)10-6-17-5-9-20-21(11-17)25-29-24-20/h3-11,15-16H,12-14H2,1-2H3/t15-,16+/m0/s1. The Morgan fingerprint density at radius 1 is 1.10 bits per heavy atom. The Kier molecular flexibility index (Phi) is 5.69. The molecule has 2 atom stereocenters. The maximum absolute atomic E-state index is 13.1. The molecule has 2 aromatic carbocycles. The van der Waals surface area contributed by atoms with Crippen LogP contribution in [0.25, 0.3) is 17.1 Å². The third-order valence-electron chi connectivity index (χ3n) is 5.39. The van der Waals surface area contributed by atoms with Crippen molar-refractivity contribution in [3.8, 4) is 0 Å². The lowest BCUT2D eigenvalue weighted by atomic mass is 10.1. The van der Waals surface area contributed by atoms with Crippen LogP contribution >= 0.6 is 11.7 Å². The topological polar surface area (TPSA) is 49.3 Å². The van der Waals surface area contributed by atoms with Crippen LogP contribution in [0.2, 0.25) is 0 Å². The molecule has 0 N–H and O–H groups in total. The fourth-order valence-corrected chi connectivity index (χ4v) is 4.23. The van der Waals surface area contributed by atoms with Crippen LogP contribution in [-0.2, 0) is 11.3 Å². The van der Waals surface area contributed by atoms with Gasteiger partial charge in [0.25, 0.3) is 0 Å². The average Bonchev–Trinajstić information content (AvgIpc) is 3.18. The highest BCUT2D eigenvalue weighted by Crippen LogP contribution is 2.20. The highest BCUT2D eigenvalue weighted by molar-refractivity contribution is 7.00. The van der Waals surface area contributed by atoms with Crippen molar-refractivity contribution < 1.29 is 9.18 Å². The van der Waals surface area contributed by atoms with Gasteiger partial charge in [-0.25, -0.2) is 4.39 Å². The number of hydrogen-bond donors (Lipinski definition) is 0. The second kappa shape index (κ2) is 8.39.